The molecule has 7 nitrogen and oxygen atoms in total. The van der Waals surface area contributed by atoms with E-state index < -0.39 is 0 Å². The monoisotopic (exact) mass is 398 g/mol. The maximum atomic E-state index is 12.2. The van der Waals surface area contributed by atoms with Crippen molar-refractivity contribution in [2.24, 2.45) is 0 Å². The number of fused-ring (bicyclic) bond motifs is 1. The van der Waals surface area contributed by atoms with Gasteiger partial charge in [-0.2, -0.15) is 0 Å². The predicted octanol–water partition coefficient (Wildman–Crippen LogP) is 2.52. The third-order valence-corrected chi connectivity index (χ3v) is 4.82. The number of methoxy groups -OCH3 is 1. The summed E-state index contributed by atoms with van der Waals surface area (Å²) in [5.41, 5.74) is 1.97. The average molecular weight is 398 g/mol. The number of nitrogens with zero attached hydrogens (tertiary/aromatic N) is 1. The standard InChI is InChI=1S/C22H26N2O5/c1-16(25)24(11-9-18-5-3-4-6-19(18)27-2)12-10-22(26)23-14-17-7-8-20-21(13-17)29-15-28-20/h3-8,13H,9-12,14-15H2,1-2H3,(H,23,26). The highest BCUT2D eigenvalue weighted by Gasteiger charge is 2.15. The van der Waals surface area contributed by atoms with Crippen molar-refractivity contribution in [3.8, 4) is 17.2 Å². The van der Waals surface area contributed by atoms with Gasteiger partial charge in [0, 0.05) is 33.0 Å². The van der Waals surface area contributed by atoms with E-state index in [1.165, 1.54) is 6.92 Å². The van der Waals surface area contributed by atoms with Crippen molar-refractivity contribution in [3.63, 3.8) is 0 Å². The number of rotatable bonds is 9. The van der Waals surface area contributed by atoms with Crippen molar-refractivity contribution >= 4 is 11.8 Å². The summed E-state index contributed by atoms with van der Waals surface area (Å²) in [6.07, 6.45) is 0.915. The van der Waals surface area contributed by atoms with Gasteiger partial charge in [-0.25, -0.2) is 0 Å². The third kappa shape index (κ3) is 5.63. The Hall–Kier alpha value is -3.22. The minimum absolute atomic E-state index is 0.0523. The molecule has 0 spiro atoms. The summed E-state index contributed by atoms with van der Waals surface area (Å²) in [5, 5.41) is 2.88. The Bertz CT molecular complexity index is 868. The molecule has 2 aromatic carbocycles. The molecule has 0 aliphatic carbocycles. The molecular formula is C22H26N2O5. The first kappa shape index (κ1) is 20.5. The Balaban J connectivity index is 1.45. The Morgan fingerprint density at radius 2 is 1.90 bits per heavy atom. The van der Waals surface area contributed by atoms with Gasteiger partial charge in [-0.05, 0) is 35.7 Å². The molecule has 1 aliphatic rings. The normalized spacial score (nSPS) is 11.8. The Morgan fingerprint density at radius 1 is 1.10 bits per heavy atom. The lowest BCUT2D eigenvalue weighted by molar-refractivity contribution is -0.129. The van der Waals surface area contributed by atoms with Gasteiger partial charge in [-0.15, -0.1) is 0 Å². The van der Waals surface area contributed by atoms with Gasteiger partial charge in [0.25, 0.3) is 0 Å². The molecular weight excluding hydrogens is 372 g/mol. The molecule has 154 valence electrons. The summed E-state index contributed by atoms with van der Waals surface area (Å²) in [6, 6.07) is 13.3. The van der Waals surface area contributed by atoms with Crippen molar-refractivity contribution in [2.75, 3.05) is 27.0 Å². The topological polar surface area (TPSA) is 77.1 Å². The van der Waals surface area contributed by atoms with E-state index in [9.17, 15) is 9.59 Å². The second-order valence-corrected chi connectivity index (χ2v) is 6.78. The van der Waals surface area contributed by atoms with Gasteiger partial charge in [0.2, 0.25) is 18.6 Å². The van der Waals surface area contributed by atoms with Crippen LogP contribution in [-0.4, -0.2) is 43.7 Å². The van der Waals surface area contributed by atoms with Crippen molar-refractivity contribution in [2.45, 2.75) is 26.3 Å². The molecule has 2 amide bonds. The van der Waals surface area contributed by atoms with E-state index in [1.807, 2.05) is 42.5 Å². The van der Waals surface area contributed by atoms with E-state index in [4.69, 9.17) is 14.2 Å². The number of nitrogens with one attached hydrogen (secondary N) is 1. The summed E-state index contributed by atoms with van der Waals surface area (Å²) in [5.74, 6) is 2.05. The van der Waals surface area contributed by atoms with Gasteiger partial charge < -0.3 is 24.4 Å². The minimum Gasteiger partial charge on any atom is -0.496 e. The summed E-state index contributed by atoms with van der Waals surface area (Å²) in [7, 11) is 1.63. The highest BCUT2D eigenvalue weighted by atomic mass is 16.7. The molecule has 0 atom stereocenters. The van der Waals surface area contributed by atoms with Crippen LogP contribution in [0.4, 0.5) is 0 Å². The number of hydrogen-bond donors (Lipinski definition) is 1. The molecule has 0 saturated carbocycles. The van der Waals surface area contributed by atoms with Crippen LogP contribution >= 0.6 is 0 Å². The number of hydrogen-bond acceptors (Lipinski definition) is 5. The number of carbonyl (C=O) groups is 2. The smallest absolute Gasteiger partial charge is 0.231 e. The maximum absolute atomic E-state index is 12.2. The first-order chi connectivity index (χ1) is 14.1. The van der Waals surface area contributed by atoms with Crippen LogP contribution in [0.3, 0.4) is 0 Å². The Labute approximate surface area is 170 Å². The highest BCUT2D eigenvalue weighted by Crippen LogP contribution is 2.32. The molecule has 0 fully saturated rings. The second kappa shape index (κ2) is 9.82. The van der Waals surface area contributed by atoms with Gasteiger partial charge >= 0.3 is 0 Å². The zero-order valence-electron chi connectivity index (χ0n) is 16.8. The molecule has 3 rings (SSSR count). The zero-order chi connectivity index (χ0) is 20.6. The Kier molecular flexibility index (Phi) is 6.94. The molecule has 1 N–H and O–H groups in total. The first-order valence-corrected chi connectivity index (χ1v) is 9.59. The zero-order valence-corrected chi connectivity index (χ0v) is 16.8. The molecule has 0 aromatic heterocycles. The van der Waals surface area contributed by atoms with Crippen molar-refractivity contribution < 1.29 is 23.8 Å². The van der Waals surface area contributed by atoms with Crippen LogP contribution < -0.4 is 19.5 Å². The quantitative estimate of drug-likeness (QED) is 0.702. The molecule has 7 heteroatoms. The number of benzene rings is 2. The predicted molar refractivity (Wildman–Crippen MR) is 108 cm³/mol. The van der Waals surface area contributed by atoms with Crippen LogP contribution in [0.15, 0.2) is 42.5 Å². The Morgan fingerprint density at radius 3 is 2.69 bits per heavy atom. The molecule has 0 unspecified atom stereocenters. The summed E-state index contributed by atoms with van der Waals surface area (Å²) >= 11 is 0. The van der Waals surface area contributed by atoms with E-state index in [0.29, 0.717) is 37.6 Å². The molecule has 29 heavy (non-hydrogen) atoms. The van der Waals surface area contributed by atoms with E-state index >= 15 is 0 Å². The van der Waals surface area contributed by atoms with Crippen molar-refractivity contribution in [3.05, 3.63) is 53.6 Å². The summed E-state index contributed by atoms with van der Waals surface area (Å²) in [4.78, 5) is 25.9. The number of para-hydroxylation sites is 1. The second-order valence-electron chi connectivity index (χ2n) is 6.78. The largest absolute Gasteiger partial charge is 0.496 e. The van der Waals surface area contributed by atoms with Crippen molar-refractivity contribution in [1.29, 1.82) is 0 Å². The fourth-order valence-electron chi connectivity index (χ4n) is 3.17. The van der Waals surface area contributed by atoms with Gasteiger partial charge in [0.05, 0.1) is 7.11 Å². The summed E-state index contributed by atoms with van der Waals surface area (Å²) < 4.78 is 16.0. The van der Waals surface area contributed by atoms with Crippen LogP contribution in [0.1, 0.15) is 24.5 Å². The number of amides is 2. The van der Waals surface area contributed by atoms with Gasteiger partial charge in [0.1, 0.15) is 5.75 Å². The molecule has 0 saturated heterocycles. The molecule has 1 heterocycles. The lowest BCUT2D eigenvalue weighted by Crippen LogP contribution is -2.35. The van der Waals surface area contributed by atoms with Crippen LogP contribution in [0.25, 0.3) is 0 Å². The fraction of sp³-hybridized carbons (Fsp3) is 0.364. The van der Waals surface area contributed by atoms with Gasteiger partial charge in [-0.1, -0.05) is 24.3 Å². The fourth-order valence-corrected chi connectivity index (χ4v) is 3.17. The van der Waals surface area contributed by atoms with E-state index in [1.54, 1.807) is 12.0 Å². The van der Waals surface area contributed by atoms with E-state index in [2.05, 4.69) is 5.32 Å². The molecule has 0 radical (unpaired) electrons. The van der Waals surface area contributed by atoms with Gasteiger partial charge in [0.15, 0.2) is 11.5 Å². The first-order valence-electron chi connectivity index (χ1n) is 9.59. The summed E-state index contributed by atoms with van der Waals surface area (Å²) in [6.45, 7) is 3.05. The van der Waals surface area contributed by atoms with E-state index in [-0.39, 0.29) is 25.0 Å². The van der Waals surface area contributed by atoms with Gasteiger partial charge in [-0.3, -0.25) is 9.59 Å². The van der Waals surface area contributed by atoms with Crippen molar-refractivity contribution in [1.82, 2.24) is 10.2 Å². The molecule has 0 bridgehead atoms. The van der Waals surface area contributed by atoms with Crippen LogP contribution in [0.2, 0.25) is 0 Å². The number of carbonyl (C=O) groups excluding carboxylic acids is 2. The minimum atomic E-state index is -0.105. The number of ether oxygens (including phenoxy) is 3. The van der Waals surface area contributed by atoms with Crippen LogP contribution in [-0.2, 0) is 22.6 Å². The maximum Gasteiger partial charge on any atom is 0.231 e. The molecule has 1 aliphatic heterocycles. The average Bonchev–Trinajstić information content (AvgIpc) is 3.20. The lowest BCUT2D eigenvalue weighted by atomic mass is 10.1. The van der Waals surface area contributed by atoms with Crippen LogP contribution in [0.5, 0.6) is 17.2 Å². The van der Waals surface area contributed by atoms with Crippen LogP contribution in [0, 0.1) is 0 Å². The third-order valence-electron chi connectivity index (χ3n) is 4.82. The highest BCUT2D eigenvalue weighted by molar-refractivity contribution is 5.78. The molecule has 2 aromatic rings. The lowest BCUT2D eigenvalue weighted by Gasteiger charge is -2.21. The van der Waals surface area contributed by atoms with E-state index in [0.717, 1.165) is 16.9 Å². The SMILES string of the molecule is COc1ccccc1CCN(CCC(=O)NCc1ccc2c(c1)OCO2)C(C)=O.